The molecule has 0 aliphatic heterocycles. The summed E-state index contributed by atoms with van der Waals surface area (Å²) in [6, 6.07) is 7.08. The van der Waals surface area contributed by atoms with Gasteiger partial charge >= 0.3 is 5.69 Å². The predicted octanol–water partition coefficient (Wildman–Crippen LogP) is 0.659. The van der Waals surface area contributed by atoms with E-state index in [4.69, 9.17) is 0 Å². The number of hydrogen-bond donors (Lipinski definition) is 0. The van der Waals surface area contributed by atoms with Crippen molar-refractivity contribution in [2.75, 3.05) is 0 Å². The maximum Gasteiger partial charge on any atom is 0.330 e. The van der Waals surface area contributed by atoms with Crippen molar-refractivity contribution in [3.63, 3.8) is 0 Å². The number of nitrogens with zero attached hydrogens (tertiary/aromatic N) is 3. The number of nitro benzene ring substituents is 1. The molecule has 0 radical (unpaired) electrons. The first-order valence-electron chi connectivity index (χ1n) is 5.43. The van der Waals surface area contributed by atoms with Crippen molar-refractivity contribution in [1.29, 1.82) is 0 Å². The lowest BCUT2D eigenvalue weighted by Crippen LogP contribution is -2.37. The van der Waals surface area contributed by atoms with Crippen LogP contribution in [-0.4, -0.2) is 14.1 Å². The van der Waals surface area contributed by atoms with E-state index in [0.29, 0.717) is 11.3 Å². The van der Waals surface area contributed by atoms with Crippen molar-refractivity contribution >= 4 is 5.69 Å². The molecule has 1 heterocycles. The Hall–Kier alpha value is -2.70. The SMILES string of the molecule is Cn1c(-c2cccc([N+](=O)[O-])c2)cc(=O)n(C)c1=O. The van der Waals surface area contributed by atoms with Gasteiger partial charge in [0.15, 0.2) is 0 Å². The highest BCUT2D eigenvalue weighted by Gasteiger charge is 2.11. The Kier molecular flexibility index (Phi) is 3.04. The summed E-state index contributed by atoms with van der Waals surface area (Å²) in [6.45, 7) is 0. The van der Waals surface area contributed by atoms with Gasteiger partial charge in [0.2, 0.25) is 0 Å². The van der Waals surface area contributed by atoms with Crippen LogP contribution in [0.2, 0.25) is 0 Å². The number of benzene rings is 1. The van der Waals surface area contributed by atoms with Gasteiger partial charge in [0.05, 0.1) is 10.6 Å². The smallest absolute Gasteiger partial charge is 0.296 e. The molecule has 0 atom stereocenters. The van der Waals surface area contributed by atoms with Crippen LogP contribution in [0.4, 0.5) is 5.69 Å². The summed E-state index contributed by atoms with van der Waals surface area (Å²) >= 11 is 0. The lowest BCUT2D eigenvalue weighted by Gasteiger charge is -2.09. The molecule has 0 unspecified atom stereocenters. The first-order chi connectivity index (χ1) is 8.91. The van der Waals surface area contributed by atoms with Crippen LogP contribution in [0.3, 0.4) is 0 Å². The van der Waals surface area contributed by atoms with Gasteiger partial charge in [-0.1, -0.05) is 12.1 Å². The Labute approximate surface area is 107 Å². The van der Waals surface area contributed by atoms with Gasteiger partial charge in [-0.3, -0.25) is 24.0 Å². The van der Waals surface area contributed by atoms with Crippen LogP contribution < -0.4 is 11.2 Å². The fourth-order valence-corrected chi connectivity index (χ4v) is 1.79. The molecule has 0 N–H and O–H groups in total. The van der Waals surface area contributed by atoms with Crippen molar-refractivity contribution in [2.45, 2.75) is 0 Å². The van der Waals surface area contributed by atoms with E-state index in [-0.39, 0.29) is 5.69 Å². The van der Waals surface area contributed by atoms with E-state index < -0.39 is 16.2 Å². The fourth-order valence-electron chi connectivity index (χ4n) is 1.79. The first kappa shape index (κ1) is 12.7. The van der Waals surface area contributed by atoms with Crippen LogP contribution in [0.15, 0.2) is 39.9 Å². The molecular weight excluding hydrogens is 250 g/mol. The minimum Gasteiger partial charge on any atom is -0.296 e. The molecule has 0 aliphatic carbocycles. The molecule has 7 nitrogen and oxygen atoms in total. The summed E-state index contributed by atoms with van der Waals surface area (Å²) in [5.74, 6) is 0. The Morgan fingerprint density at radius 2 is 1.79 bits per heavy atom. The minimum atomic E-state index is -0.525. The highest BCUT2D eigenvalue weighted by Crippen LogP contribution is 2.21. The quantitative estimate of drug-likeness (QED) is 0.587. The van der Waals surface area contributed by atoms with Crippen molar-refractivity contribution in [2.24, 2.45) is 14.1 Å². The number of aromatic nitrogens is 2. The zero-order valence-corrected chi connectivity index (χ0v) is 10.4. The van der Waals surface area contributed by atoms with Crippen LogP contribution in [0, 0.1) is 10.1 Å². The molecule has 0 amide bonds. The molecule has 98 valence electrons. The number of non-ortho nitro benzene ring substituents is 1. The van der Waals surface area contributed by atoms with Crippen molar-refractivity contribution in [1.82, 2.24) is 9.13 Å². The van der Waals surface area contributed by atoms with E-state index in [9.17, 15) is 19.7 Å². The molecule has 0 fully saturated rings. The molecular formula is C12H11N3O4. The summed E-state index contributed by atoms with van der Waals surface area (Å²) in [4.78, 5) is 33.6. The maximum atomic E-state index is 11.8. The third-order valence-corrected chi connectivity index (χ3v) is 2.88. The van der Waals surface area contributed by atoms with Gasteiger partial charge in [-0.05, 0) is 0 Å². The van der Waals surface area contributed by atoms with E-state index in [1.165, 1.54) is 42.9 Å². The number of rotatable bonds is 2. The topological polar surface area (TPSA) is 87.1 Å². The molecule has 1 aromatic carbocycles. The molecule has 19 heavy (non-hydrogen) atoms. The summed E-state index contributed by atoms with van der Waals surface area (Å²) in [6.07, 6.45) is 0. The Balaban J connectivity index is 2.73. The van der Waals surface area contributed by atoms with Crippen LogP contribution in [0.25, 0.3) is 11.3 Å². The second kappa shape index (κ2) is 4.52. The Bertz CT molecular complexity index is 773. The minimum absolute atomic E-state index is 0.0920. The zero-order valence-electron chi connectivity index (χ0n) is 10.4. The van der Waals surface area contributed by atoms with Gasteiger partial charge in [-0.2, -0.15) is 0 Å². The second-order valence-electron chi connectivity index (χ2n) is 4.08. The average molecular weight is 261 g/mol. The van der Waals surface area contributed by atoms with Gasteiger partial charge in [-0.25, -0.2) is 4.79 Å². The molecule has 0 saturated heterocycles. The van der Waals surface area contributed by atoms with E-state index in [0.717, 1.165) is 4.57 Å². The Morgan fingerprint density at radius 3 is 2.42 bits per heavy atom. The summed E-state index contributed by atoms with van der Waals surface area (Å²) in [5, 5.41) is 10.7. The molecule has 2 rings (SSSR count). The monoisotopic (exact) mass is 261 g/mol. The number of hydrogen-bond acceptors (Lipinski definition) is 4. The highest BCUT2D eigenvalue weighted by atomic mass is 16.6. The van der Waals surface area contributed by atoms with Gasteiger partial charge in [0, 0.05) is 37.9 Å². The number of nitro groups is 1. The van der Waals surface area contributed by atoms with Crippen molar-refractivity contribution in [3.8, 4) is 11.3 Å². The largest absolute Gasteiger partial charge is 0.330 e. The molecule has 0 spiro atoms. The van der Waals surface area contributed by atoms with Crippen molar-refractivity contribution < 1.29 is 4.92 Å². The normalized spacial score (nSPS) is 10.4. The van der Waals surface area contributed by atoms with Crippen LogP contribution in [0.5, 0.6) is 0 Å². The third-order valence-electron chi connectivity index (χ3n) is 2.88. The highest BCUT2D eigenvalue weighted by molar-refractivity contribution is 5.62. The Morgan fingerprint density at radius 1 is 1.11 bits per heavy atom. The third kappa shape index (κ3) is 2.17. The van der Waals surface area contributed by atoms with Crippen LogP contribution >= 0.6 is 0 Å². The first-order valence-corrected chi connectivity index (χ1v) is 5.43. The molecule has 0 aliphatic rings. The van der Waals surface area contributed by atoms with Gasteiger partial charge in [0.1, 0.15) is 0 Å². The van der Waals surface area contributed by atoms with Gasteiger partial charge < -0.3 is 0 Å². The summed E-state index contributed by atoms with van der Waals surface area (Å²) in [5.41, 5.74) is -0.229. The summed E-state index contributed by atoms with van der Waals surface area (Å²) < 4.78 is 2.25. The summed E-state index contributed by atoms with van der Waals surface area (Å²) in [7, 11) is 2.89. The molecule has 2 aromatic rings. The van der Waals surface area contributed by atoms with Gasteiger partial charge in [0.25, 0.3) is 11.2 Å². The van der Waals surface area contributed by atoms with E-state index in [2.05, 4.69) is 0 Å². The molecule has 0 bridgehead atoms. The van der Waals surface area contributed by atoms with Crippen LogP contribution in [-0.2, 0) is 14.1 Å². The second-order valence-corrected chi connectivity index (χ2v) is 4.08. The van der Waals surface area contributed by atoms with E-state index in [1.54, 1.807) is 6.07 Å². The van der Waals surface area contributed by atoms with Crippen molar-refractivity contribution in [3.05, 3.63) is 61.3 Å². The standard InChI is InChI=1S/C12H11N3O4/c1-13-10(7-11(16)14(2)12(13)17)8-4-3-5-9(6-8)15(18)19/h3-7H,1-2H3. The molecule has 0 saturated carbocycles. The van der Waals surface area contributed by atoms with Crippen LogP contribution in [0.1, 0.15) is 0 Å². The van der Waals surface area contributed by atoms with E-state index >= 15 is 0 Å². The predicted molar refractivity (Wildman–Crippen MR) is 69.0 cm³/mol. The fraction of sp³-hybridized carbons (Fsp3) is 0.167. The maximum absolute atomic E-state index is 11.8. The van der Waals surface area contributed by atoms with E-state index in [1.807, 2.05) is 0 Å². The lowest BCUT2D eigenvalue weighted by atomic mass is 10.1. The van der Waals surface area contributed by atoms with Gasteiger partial charge in [-0.15, -0.1) is 0 Å². The zero-order chi connectivity index (χ0) is 14.2. The molecule has 1 aromatic heterocycles. The average Bonchev–Trinajstić information content (AvgIpc) is 2.40. The molecule has 7 heteroatoms. The lowest BCUT2D eigenvalue weighted by molar-refractivity contribution is -0.384.